The molecule has 46 heavy (non-hydrogen) atoms. The molecule has 1 saturated heterocycles. The normalized spacial score (nSPS) is 16.7. The molecule has 0 spiro atoms. The van der Waals surface area contributed by atoms with E-state index in [4.69, 9.17) is 10.6 Å². The Labute approximate surface area is 262 Å². The lowest BCUT2D eigenvalue weighted by atomic mass is 9.98. The van der Waals surface area contributed by atoms with Gasteiger partial charge in [0.2, 0.25) is 22.8 Å². The zero-order chi connectivity index (χ0) is 34.6. The minimum Gasteiger partial charge on any atom is -0.503 e. The number of aliphatic carboxylic acids is 1. The van der Waals surface area contributed by atoms with Gasteiger partial charge < -0.3 is 41.9 Å². The molecule has 3 rings (SSSR count). The Balaban J connectivity index is 1.65. The van der Waals surface area contributed by atoms with Crippen LogP contribution in [0.3, 0.4) is 0 Å². The fourth-order valence-electron chi connectivity index (χ4n) is 3.67. The van der Waals surface area contributed by atoms with Gasteiger partial charge in [0.1, 0.15) is 11.7 Å². The largest absolute Gasteiger partial charge is 0.503 e. The Hall–Kier alpha value is -5.29. The molecule has 9 N–H and O–H groups in total. The van der Waals surface area contributed by atoms with Crippen LogP contribution < -0.4 is 27.1 Å². The third-order valence-corrected chi connectivity index (χ3v) is 7.83. The average molecular weight is 689 g/mol. The number of nitrogens with zero attached hydrogens (tertiary/aromatic N) is 4. The van der Waals surface area contributed by atoms with Crippen molar-refractivity contribution in [2.24, 2.45) is 5.16 Å². The van der Waals surface area contributed by atoms with Gasteiger partial charge in [-0.05, 0) is 13.8 Å². The number of aromatic hydroxyl groups is 1. The van der Waals surface area contributed by atoms with E-state index in [1.54, 1.807) is 0 Å². The van der Waals surface area contributed by atoms with Crippen LogP contribution in [-0.4, -0.2) is 102 Å². The maximum absolute atomic E-state index is 13.1. The number of rotatable bonds is 14. The van der Waals surface area contributed by atoms with Crippen molar-refractivity contribution in [1.82, 2.24) is 30.0 Å². The number of carbonyl (C=O) groups excluding carboxylic acids is 4. The topological polar surface area (TPSA) is 322 Å². The molecule has 2 aromatic heterocycles. The molecular formula is C23H28N8O13S2. The number of carbonyl (C=O) groups is 5. The highest BCUT2D eigenvalue weighted by Crippen LogP contribution is 2.24. The van der Waals surface area contributed by atoms with E-state index in [1.165, 1.54) is 5.38 Å². The third kappa shape index (κ3) is 8.45. The lowest BCUT2D eigenvalue weighted by molar-refractivity contribution is -0.161. The molecule has 1 aliphatic rings. The Kier molecular flexibility index (Phi) is 10.5. The molecule has 0 bridgehead atoms. The Bertz CT molecular complexity index is 1750. The van der Waals surface area contributed by atoms with Crippen LogP contribution in [0.5, 0.6) is 5.75 Å². The first-order valence-corrected chi connectivity index (χ1v) is 15.1. The first-order chi connectivity index (χ1) is 21.3. The van der Waals surface area contributed by atoms with Crippen LogP contribution in [0.1, 0.15) is 38.1 Å². The number of hydrogen-bond acceptors (Lipinski definition) is 15. The lowest BCUT2D eigenvalue weighted by Crippen LogP contribution is -2.74. The number of carboxylic acid groups (broad SMARTS) is 1. The van der Waals surface area contributed by atoms with E-state index >= 15 is 0 Å². The summed E-state index contributed by atoms with van der Waals surface area (Å²) < 4.78 is 33.6. The molecule has 0 aromatic carbocycles. The maximum Gasteiger partial charge on any atom is 0.362 e. The Morgan fingerprint density at radius 2 is 1.80 bits per heavy atom. The van der Waals surface area contributed by atoms with Crippen LogP contribution in [0.15, 0.2) is 27.6 Å². The molecule has 1 aliphatic heterocycles. The van der Waals surface area contributed by atoms with Crippen molar-refractivity contribution in [3.63, 3.8) is 0 Å². The fraction of sp³-hybridized carbons (Fsp3) is 0.391. The van der Waals surface area contributed by atoms with Crippen LogP contribution in [0.2, 0.25) is 0 Å². The van der Waals surface area contributed by atoms with E-state index in [1.807, 2.05) is 0 Å². The summed E-state index contributed by atoms with van der Waals surface area (Å²) in [5, 5.41) is 39.9. The summed E-state index contributed by atoms with van der Waals surface area (Å²) in [5.41, 5.74) is 2.03. The van der Waals surface area contributed by atoms with Crippen molar-refractivity contribution in [2.75, 3.05) is 12.3 Å². The van der Waals surface area contributed by atoms with Crippen molar-refractivity contribution < 1.29 is 57.2 Å². The summed E-state index contributed by atoms with van der Waals surface area (Å²) in [6, 6.07) is -2.31. The second kappa shape index (κ2) is 13.8. The molecule has 0 aliphatic carbocycles. The first kappa shape index (κ1) is 35.2. The van der Waals surface area contributed by atoms with E-state index < -0.39 is 93.9 Å². The number of amides is 4. The summed E-state index contributed by atoms with van der Waals surface area (Å²) in [7, 11) is -5.15. The maximum atomic E-state index is 13.1. The second-order valence-corrected chi connectivity index (χ2v) is 12.2. The van der Waals surface area contributed by atoms with Gasteiger partial charge in [-0.25, -0.2) is 14.1 Å². The molecule has 4 amide bonds. The highest BCUT2D eigenvalue weighted by atomic mass is 32.2. The number of nitrogens with two attached hydrogens (primary N) is 1. The van der Waals surface area contributed by atoms with Crippen molar-refractivity contribution in [2.45, 2.75) is 50.9 Å². The van der Waals surface area contributed by atoms with Crippen LogP contribution in [0, 0.1) is 0 Å². The standard InChI is InChI=1S/C23H28N8O13S2/c1-23(2,21(38)39)44-29-17(11-9-45-22(24)27-11)19(36)28-18-12(31(20(18)37)46(41,42)43)7-26-16(35)4-3-15(34)25-6-10-5-13(32)14(33)8-30(10)40/h5,8-9,12,18,33,40H,3-4,6-7H2,1-2H3,(H2,24,27)(H,25,34)(H,26,35)(H,28,36)(H,38,39)(H,41,42,43)/t12-,18+/m1/s1. The van der Waals surface area contributed by atoms with E-state index in [0.29, 0.717) is 4.73 Å². The predicted octanol–water partition coefficient (Wildman–Crippen LogP) is -2.87. The first-order valence-electron chi connectivity index (χ1n) is 12.8. The lowest BCUT2D eigenvalue weighted by Gasteiger charge is -2.44. The van der Waals surface area contributed by atoms with Gasteiger partial charge in [-0.1, -0.05) is 5.16 Å². The Morgan fingerprint density at radius 1 is 1.17 bits per heavy atom. The zero-order valence-corrected chi connectivity index (χ0v) is 25.5. The molecule has 0 unspecified atom stereocenters. The van der Waals surface area contributed by atoms with Crippen LogP contribution in [-0.2, 0) is 45.7 Å². The van der Waals surface area contributed by atoms with Gasteiger partial charge in [0.25, 0.3) is 11.8 Å². The molecule has 2 atom stereocenters. The third-order valence-electron chi connectivity index (χ3n) is 6.21. The van der Waals surface area contributed by atoms with Crippen molar-refractivity contribution in [3.05, 3.63) is 39.3 Å². The van der Waals surface area contributed by atoms with Crippen molar-refractivity contribution >= 4 is 62.1 Å². The van der Waals surface area contributed by atoms with Crippen LogP contribution >= 0.6 is 11.3 Å². The summed E-state index contributed by atoms with van der Waals surface area (Å²) in [6.07, 6.45) is -0.130. The van der Waals surface area contributed by atoms with Gasteiger partial charge in [-0.15, -0.1) is 11.3 Å². The molecule has 3 heterocycles. The van der Waals surface area contributed by atoms with Gasteiger partial charge in [0.15, 0.2) is 16.6 Å². The van der Waals surface area contributed by atoms with Gasteiger partial charge in [-0.3, -0.25) is 28.5 Å². The van der Waals surface area contributed by atoms with Gasteiger partial charge >= 0.3 is 16.3 Å². The number of anilines is 1. The van der Waals surface area contributed by atoms with Gasteiger partial charge in [0, 0.05) is 30.8 Å². The Morgan fingerprint density at radius 3 is 2.37 bits per heavy atom. The highest BCUT2D eigenvalue weighted by molar-refractivity contribution is 7.84. The molecule has 250 valence electrons. The number of oxime groups is 1. The summed E-state index contributed by atoms with van der Waals surface area (Å²) in [5.74, 6) is -6.10. The zero-order valence-electron chi connectivity index (χ0n) is 23.9. The second-order valence-electron chi connectivity index (χ2n) is 9.99. The summed E-state index contributed by atoms with van der Waals surface area (Å²) in [6.45, 7) is 1.31. The number of nitrogen functional groups attached to an aromatic ring is 1. The van der Waals surface area contributed by atoms with E-state index in [0.717, 1.165) is 37.4 Å². The average Bonchev–Trinajstić information content (AvgIpc) is 3.38. The number of pyridine rings is 1. The number of aromatic nitrogens is 2. The number of nitrogens with one attached hydrogen (secondary N) is 3. The number of carboxylic acids is 1. The smallest absolute Gasteiger partial charge is 0.362 e. The van der Waals surface area contributed by atoms with Crippen molar-refractivity contribution in [1.29, 1.82) is 0 Å². The molecule has 0 saturated carbocycles. The molecule has 1 fully saturated rings. The van der Waals surface area contributed by atoms with Gasteiger partial charge in [-0.2, -0.15) is 13.1 Å². The quantitative estimate of drug-likeness (QED) is 0.0325. The minimum absolute atomic E-state index is 0.00600. The van der Waals surface area contributed by atoms with Crippen LogP contribution in [0.25, 0.3) is 0 Å². The predicted molar refractivity (Wildman–Crippen MR) is 154 cm³/mol. The van der Waals surface area contributed by atoms with E-state index in [-0.39, 0.29) is 27.4 Å². The highest BCUT2D eigenvalue weighted by Gasteiger charge is 2.54. The number of hydrogen-bond donors (Lipinski definition) is 8. The summed E-state index contributed by atoms with van der Waals surface area (Å²) >= 11 is 0.891. The summed E-state index contributed by atoms with van der Waals surface area (Å²) in [4.78, 5) is 82.0. The van der Waals surface area contributed by atoms with E-state index in [9.17, 15) is 57.2 Å². The van der Waals surface area contributed by atoms with Crippen molar-refractivity contribution in [3.8, 4) is 5.75 Å². The van der Waals surface area contributed by atoms with Gasteiger partial charge in [0.05, 0.1) is 24.5 Å². The molecule has 0 radical (unpaired) electrons. The molecule has 23 heteroatoms. The molecule has 2 aromatic rings. The SMILES string of the molecule is CC(C)(ON=C(C(=O)N[C@@H]1C(=O)N(S(=O)(=O)O)[C@@H]1CNC(=O)CCC(=O)NCc1cc(=O)c(O)cn1O)c1csc(N)n1)C(=O)O. The minimum atomic E-state index is -5.15. The van der Waals surface area contributed by atoms with E-state index in [2.05, 4.69) is 26.1 Å². The molecule has 21 nitrogen and oxygen atoms in total. The fourth-order valence-corrected chi connectivity index (χ4v) is 5.10. The number of β-lactam (4-membered cyclic amide) rings is 1. The number of thiazole rings is 1. The molecular weight excluding hydrogens is 660 g/mol. The monoisotopic (exact) mass is 688 g/mol. The van der Waals surface area contributed by atoms with Crippen LogP contribution in [0.4, 0.5) is 5.13 Å².